The van der Waals surface area contributed by atoms with Crippen LogP contribution in [-0.2, 0) is 6.42 Å². The van der Waals surface area contributed by atoms with Gasteiger partial charge in [0.1, 0.15) is 11.0 Å². The van der Waals surface area contributed by atoms with Gasteiger partial charge in [0.2, 0.25) is 0 Å². The molecule has 2 aromatic heterocycles. The Morgan fingerprint density at radius 1 is 1.58 bits per heavy atom. The molecule has 0 aliphatic carbocycles. The summed E-state index contributed by atoms with van der Waals surface area (Å²) in [6.45, 7) is 1.96. The van der Waals surface area contributed by atoms with Crippen molar-refractivity contribution < 1.29 is 4.79 Å². The standard InChI is InChI=1S/C13H14ClN3OS/c1-8(5-10-3-2-4-19-10)16-13(18)9-6-11(14)17-12(15)7-9/h2-4,6-8H,5H2,1H3,(H2,15,17)(H,16,18). The minimum atomic E-state index is -0.194. The van der Waals surface area contributed by atoms with Crippen molar-refractivity contribution >= 4 is 34.7 Å². The van der Waals surface area contributed by atoms with Crippen LogP contribution in [0.4, 0.5) is 5.82 Å². The number of hydrogen-bond acceptors (Lipinski definition) is 4. The topological polar surface area (TPSA) is 68.0 Å². The molecule has 2 rings (SSSR count). The molecule has 0 aliphatic heterocycles. The summed E-state index contributed by atoms with van der Waals surface area (Å²) < 4.78 is 0. The molecule has 4 nitrogen and oxygen atoms in total. The molecule has 1 unspecified atom stereocenters. The third-order valence-corrected chi connectivity index (χ3v) is 3.63. The number of carbonyl (C=O) groups is 1. The monoisotopic (exact) mass is 295 g/mol. The van der Waals surface area contributed by atoms with Gasteiger partial charge >= 0.3 is 0 Å². The summed E-state index contributed by atoms with van der Waals surface area (Å²) in [5, 5.41) is 5.15. The molecule has 100 valence electrons. The van der Waals surface area contributed by atoms with Crippen LogP contribution in [0.5, 0.6) is 0 Å². The van der Waals surface area contributed by atoms with Crippen molar-refractivity contribution in [3.63, 3.8) is 0 Å². The van der Waals surface area contributed by atoms with E-state index in [0.29, 0.717) is 5.56 Å². The van der Waals surface area contributed by atoms with E-state index in [0.717, 1.165) is 6.42 Å². The van der Waals surface area contributed by atoms with Gasteiger partial charge in [0.05, 0.1) is 0 Å². The van der Waals surface area contributed by atoms with Gasteiger partial charge in [0, 0.05) is 22.9 Å². The SMILES string of the molecule is CC(Cc1cccs1)NC(=O)c1cc(N)nc(Cl)c1. The van der Waals surface area contributed by atoms with E-state index in [4.69, 9.17) is 17.3 Å². The van der Waals surface area contributed by atoms with Crippen LogP contribution in [0.15, 0.2) is 29.6 Å². The van der Waals surface area contributed by atoms with Crippen molar-refractivity contribution in [2.45, 2.75) is 19.4 Å². The molecule has 0 fully saturated rings. The van der Waals surface area contributed by atoms with Gasteiger partial charge in [-0.3, -0.25) is 4.79 Å². The number of thiophene rings is 1. The van der Waals surface area contributed by atoms with Gasteiger partial charge in [-0.2, -0.15) is 0 Å². The number of hydrogen-bond donors (Lipinski definition) is 2. The first-order valence-corrected chi connectivity index (χ1v) is 7.06. The number of aromatic nitrogens is 1. The summed E-state index contributed by atoms with van der Waals surface area (Å²) in [4.78, 5) is 17.1. The molecule has 1 atom stereocenters. The van der Waals surface area contributed by atoms with Gasteiger partial charge in [0.25, 0.3) is 5.91 Å². The first-order chi connectivity index (χ1) is 9.04. The molecule has 6 heteroatoms. The van der Waals surface area contributed by atoms with Crippen molar-refractivity contribution in [2.24, 2.45) is 0 Å². The molecule has 2 heterocycles. The lowest BCUT2D eigenvalue weighted by Crippen LogP contribution is -2.34. The predicted molar refractivity (Wildman–Crippen MR) is 78.6 cm³/mol. The Kier molecular flexibility index (Phi) is 4.39. The average Bonchev–Trinajstić information content (AvgIpc) is 2.80. The number of halogens is 1. The number of pyridine rings is 1. The summed E-state index contributed by atoms with van der Waals surface area (Å²) in [5.41, 5.74) is 5.99. The smallest absolute Gasteiger partial charge is 0.251 e. The van der Waals surface area contributed by atoms with Gasteiger partial charge < -0.3 is 11.1 Å². The van der Waals surface area contributed by atoms with Crippen molar-refractivity contribution in [1.29, 1.82) is 0 Å². The molecule has 2 aromatic rings. The van der Waals surface area contributed by atoms with Crippen LogP contribution in [0, 0.1) is 0 Å². The average molecular weight is 296 g/mol. The van der Waals surface area contributed by atoms with Crippen LogP contribution in [-0.4, -0.2) is 16.9 Å². The number of nitrogens with one attached hydrogen (secondary N) is 1. The van der Waals surface area contributed by atoms with Crippen LogP contribution < -0.4 is 11.1 Å². The Morgan fingerprint density at radius 3 is 3.00 bits per heavy atom. The lowest BCUT2D eigenvalue weighted by atomic mass is 10.2. The molecule has 19 heavy (non-hydrogen) atoms. The zero-order valence-electron chi connectivity index (χ0n) is 10.4. The zero-order chi connectivity index (χ0) is 13.8. The van der Waals surface area contributed by atoms with Crippen molar-refractivity contribution in [2.75, 3.05) is 5.73 Å². The number of nitrogens with zero attached hydrogens (tertiary/aromatic N) is 1. The second-order valence-corrected chi connectivity index (χ2v) is 5.68. The van der Waals surface area contributed by atoms with E-state index in [9.17, 15) is 4.79 Å². The number of nitrogen functional groups attached to an aromatic ring is 1. The molecule has 3 N–H and O–H groups in total. The number of carbonyl (C=O) groups excluding carboxylic acids is 1. The van der Waals surface area contributed by atoms with Gasteiger partial charge in [0.15, 0.2) is 0 Å². The Hall–Kier alpha value is -1.59. The van der Waals surface area contributed by atoms with Gasteiger partial charge in [-0.1, -0.05) is 17.7 Å². The van der Waals surface area contributed by atoms with Crippen molar-refractivity contribution in [3.8, 4) is 0 Å². The first-order valence-electron chi connectivity index (χ1n) is 5.81. The van der Waals surface area contributed by atoms with Crippen LogP contribution in [0.2, 0.25) is 5.15 Å². The van der Waals surface area contributed by atoms with Gasteiger partial charge in [-0.15, -0.1) is 11.3 Å². The number of amides is 1. The molecular weight excluding hydrogens is 282 g/mol. The third kappa shape index (κ3) is 3.94. The largest absolute Gasteiger partial charge is 0.384 e. The fourth-order valence-corrected chi connectivity index (χ4v) is 2.79. The first kappa shape index (κ1) is 13.8. The van der Waals surface area contributed by atoms with Crippen molar-refractivity contribution in [1.82, 2.24) is 10.3 Å². The van der Waals surface area contributed by atoms with E-state index in [1.54, 1.807) is 11.3 Å². The lowest BCUT2D eigenvalue weighted by Gasteiger charge is -2.13. The molecule has 0 saturated carbocycles. The number of rotatable bonds is 4. The van der Waals surface area contributed by atoms with Gasteiger partial charge in [-0.05, 0) is 30.5 Å². The maximum absolute atomic E-state index is 12.0. The second-order valence-electron chi connectivity index (χ2n) is 4.26. The van der Waals surface area contributed by atoms with E-state index in [2.05, 4.69) is 16.4 Å². The summed E-state index contributed by atoms with van der Waals surface area (Å²) in [6.07, 6.45) is 0.803. The normalized spacial score (nSPS) is 12.1. The summed E-state index contributed by atoms with van der Waals surface area (Å²) in [6, 6.07) is 7.11. The highest BCUT2D eigenvalue weighted by Gasteiger charge is 2.12. The predicted octanol–water partition coefficient (Wildman–Crippen LogP) is 2.74. The third-order valence-electron chi connectivity index (χ3n) is 2.54. The molecule has 0 radical (unpaired) electrons. The van der Waals surface area contributed by atoms with E-state index in [1.165, 1.54) is 17.0 Å². The molecular formula is C13H14ClN3OS. The fraction of sp³-hybridized carbons (Fsp3) is 0.231. The molecule has 0 saturated heterocycles. The zero-order valence-corrected chi connectivity index (χ0v) is 12.0. The summed E-state index contributed by atoms with van der Waals surface area (Å²) in [5.74, 6) is 0.0450. The highest BCUT2D eigenvalue weighted by Crippen LogP contribution is 2.14. The Bertz CT molecular complexity index is 551. The van der Waals surface area contributed by atoms with E-state index in [1.807, 2.05) is 18.4 Å². The van der Waals surface area contributed by atoms with Crippen LogP contribution >= 0.6 is 22.9 Å². The molecule has 0 aliphatic rings. The summed E-state index contributed by atoms with van der Waals surface area (Å²) >= 11 is 7.45. The van der Waals surface area contributed by atoms with Crippen LogP contribution in [0.1, 0.15) is 22.2 Å². The van der Waals surface area contributed by atoms with Crippen molar-refractivity contribution in [3.05, 3.63) is 45.2 Å². The molecule has 0 aromatic carbocycles. The van der Waals surface area contributed by atoms with E-state index < -0.39 is 0 Å². The quantitative estimate of drug-likeness (QED) is 0.852. The number of anilines is 1. The van der Waals surface area contributed by atoms with Crippen LogP contribution in [0.3, 0.4) is 0 Å². The lowest BCUT2D eigenvalue weighted by molar-refractivity contribution is 0.0940. The maximum atomic E-state index is 12.0. The molecule has 0 spiro atoms. The number of nitrogens with two attached hydrogens (primary N) is 1. The van der Waals surface area contributed by atoms with E-state index in [-0.39, 0.29) is 22.9 Å². The minimum Gasteiger partial charge on any atom is -0.384 e. The fourth-order valence-electron chi connectivity index (χ4n) is 1.74. The van der Waals surface area contributed by atoms with E-state index >= 15 is 0 Å². The summed E-state index contributed by atoms with van der Waals surface area (Å²) in [7, 11) is 0. The molecule has 0 bridgehead atoms. The maximum Gasteiger partial charge on any atom is 0.251 e. The highest BCUT2D eigenvalue weighted by molar-refractivity contribution is 7.09. The Balaban J connectivity index is 2.00. The second kappa shape index (κ2) is 6.04. The molecule has 1 amide bonds. The van der Waals surface area contributed by atoms with Crippen LogP contribution in [0.25, 0.3) is 0 Å². The highest BCUT2D eigenvalue weighted by atomic mass is 35.5. The van der Waals surface area contributed by atoms with Gasteiger partial charge in [-0.25, -0.2) is 4.98 Å². The Morgan fingerprint density at radius 2 is 2.37 bits per heavy atom. The minimum absolute atomic E-state index is 0.0410. The Labute approximate surface area is 120 Å².